The van der Waals surface area contributed by atoms with Gasteiger partial charge in [-0.05, 0) is 25.0 Å². The van der Waals surface area contributed by atoms with Crippen molar-refractivity contribution in [2.75, 3.05) is 19.3 Å². The molecule has 0 aromatic heterocycles. The van der Waals surface area contributed by atoms with E-state index in [1.54, 1.807) is 0 Å². The Morgan fingerprint density at radius 2 is 2.05 bits per heavy atom. The highest BCUT2D eigenvalue weighted by atomic mass is 35.5. The van der Waals surface area contributed by atoms with E-state index >= 15 is 0 Å². The van der Waals surface area contributed by atoms with E-state index in [2.05, 4.69) is 5.32 Å². The van der Waals surface area contributed by atoms with Gasteiger partial charge in [-0.25, -0.2) is 8.42 Å². The van der Waals surface area contributed by atoms with Crippen LogP contribution in [-0.4, -0.2) is 38.3 Å². The number of nitrogens with one attached hydrogen (secondary N) is 1. The van der Waals surface area contributed by atoms with E-state index in [-0.39, 0.29) is 39.1 Å². The van der Waals surface area contributed by atoms with Crippen LogP contribution in [0.4, 0.5) is 5.69 Å². The topological polar surface area (TPSA) is 92.5 Å². The Hall–Kier alpha value is -1.02. The minimum atomic E-state index is -3.97. The molecule has 0 atom stereocenters. The maximum Gasteiger partial charge on any atom is 0.246 e. The molecule has 0 spiro atoms. The number of amides is 1. The first kappa shape index (κ1) is 16.4. The number of likely N-dealkylation sites (N-methyl/N-ethyl adjacent to an activating group) is 1. The molecule has 21 heavy (non-hydrogen) atoms. The van der Waals surface area contributed by atoms with Gasteiger partial charge in [0.05, 0.1) is 17.3 Å². The lowest BCUT2D eigenvalue weighted by molar-refractivity contribution is -0.121. The quantitative estimate of drug-likeness (QED) is 0.785. The molecule has 1 aliphatic carbocycles. The maximum atomic E-state index is 12.5. The Balaban J connectivity index is 2.22. The van der Waals surface area contributed by atoms with Gasteiger partial charge in [0.1, 0.15) is 4.90 Å². The number of nitrogen functional groups attached to an aromatic ring is 1. The third kappa shape index (κ3) is 3.79. The molecule has 1 fully saturated rings. The molecule has 9 heteroatoms. The van der Waals surface area contributed by atoms with Gasteiger partial charge in [0.15, 0.2) is 0 Å². The van der Waals surface area contributed by atoms with Crippen LogP contribution in [0.5, 0.6) is 0 Å². The first-order valence-corrected chi connectivity index (χ1v) is 8.41. The summed E-state index contributed by atoms with van der Waals surface area (Å²) in [6.45, 7) is -0.294. The zero-order valence-electron chi connectivity index (χ0n) is 11.3. The van der Waals surface area contributed by atoms with E-state index < -0.39 is 10.0 Å². The van der Waals surface area contributed by atoms with Gasteiger partial charge in [-0.1, -0.05) is 23.2 Å². The lowest BCUT2D eigenvalue weighted by atomic mass is 10.3. The van der Waals surface area contributed by atoms with Crippen molar-refractivity contribution in [3.05, 3.63) is 22.2 Å². The molecule has 1 saturated carbocycles. The molecule has 1 aromatic rings. The van der Waals surface area contributed by atoms with Crippen molar-refractivity contribution in [1.82, 2.24) is 9.62 Å². The Labute approximate surface area is 133 Å². The lowest BCUT2D eigenvalue weighted by Gasteiger charge is -2.19. The van der Waals surface area contributed by atoms with Crippen molar-refractivity contribution < 1.29 is 13.2 Å². The molecule has 116 valence electrons. The molecule has 3 N–H and O–H groups in total. The van der Waals surface area contributed by atoms with Crippen LogP contribution < -0.4 is 11.1 Å². The van der Waals surface area contributed by atoms with Crippen LogP contribution in [0, 0.1) is 0 Å². The van der Waals surface area contributed by atoms with E-state index in [0.29, 0.717) is 0 Å². The third-order valence-electron chi connectivity index (χ3n) is 3.01. The summed E-state index contributed by atoms with van der Waals surface area (Å²) in [4.78, 5) is 11.5. The predicted octanol–water partition coefficient (Wildman–Crippen LogP) is 1.47. The van der Waals surface area contributed by atoms with Crippen LogP contribution in [0.25, 0.3) is 0 Å². The zero-order chi connectivity index (χ0) is 15.8. The van der Waals surface area contributed by atoms with E-state index in [0.717, 1.165) is 17.1 Å². The van der Waals surface area contributed by atoms with Crippen LogP contribution in [0.3, 0.4) is 0 Å². The summed E-state index contributed by atoms with van der Waals surface area (Å²) >= 11 is 11.7. The Morgan fingerprint density at radius 3 is 2.57 bits per heavy atom. The average molecular weight is 352 g/mol. The van der Waals surface area contributed by atoms with Gasteiger partial charge in [-0.3, -0.25) is 4.79 Å². The van der Waals surface area contributed by atoms with Crippen LogP contribution in [0.15, 0.2) is 17.0 Å². The molecule has 1 aliphatic rings. The number of halogens is 2. The molecular formula is C12H15Cl2N3O3S. The van der Waals surface area contributed by atoms with Crippen molar-refractivity contribution in [1.29, 1.82) is 0 Å². The number of nitrogens with zero attached hydrogens (tertiary/aromatic N) is 1. The number of carbonyl (C=O) groups is 1. The number of anilines is 1. The number of hydrogen-bond donors (Lipinski definition) is 2. The highest BCUT2D eigenvalue weighted by molar-refractivity contribution is 7.89. The Morgan fingerprint density at radius 1 is 1.43 bits per heavy atom. The summed E-state index contributed by atoms with van der Waals surface area (Å²) in [5, 5.41) is 2.88. The molecule has 0 bridgehead atoms. The molecule has 0 heterocycles. The van der Waals surface area contributed by atoms with Crippen molar-refractivity contribution in [2.45, 2.75) is 23.8 Å². The largest absolute Gasteiger partial charge is 0.398 e. The second-order valence-electron chi connectivity index (χ2n) is 4.91. The number of hydrogen-bond acceptors (Lipinski definition) is 4. The van der Waals surface area contributed by atoms with Crippen LogP contribution in [-0.2, 0) is 14.8 Å². The van der Waals surface area contributed by atoms with Crippen molar-refractivity contribution >= 4 is 44.8 Å². The number of rotatable bonds is 5. The van der Waals surface area contributed by atoms with Gasteiger partial charge in [-0.15, -0.1) is 0 Å². The van der Waals surface area contributed by atoms with Crippen molar-refractivity contribution in [3.8, 4) is 0 Å². The molecule has 1 amide bonds. The Bertz CT molecular complexity index is 651. The minimum absolute atomic E-state index is 0.0537. The van der Waals surface area contributed by atoms with Gasteiger partial charge < -0.3 is 11.1 Å². The van der Waals surface area contributed by atoms with Crippen molar-refractivity contribution in [2.24, 2.45) is 0 Å². The highest BCUT2D eigenvalue weighted by Gasteiger charge is 2.30. The van der Waals surface area contributed by atoms with Crippen molar-refractivity contribution in [3.63, 3.8) is 0 Å². The van der Waals surface area contributed by atoms with Crippen LogP contribution >= 0.6 is 23.2 Å². The molecule has 6 nitrogen and oxygen atoms in total. The van der Waals surface area contributed by atoms with E-state index in [1.807, 2.05) is 0 Å². The predicted molar refractivity (Wildman–Crippen MR) is 81.9 cm³/mol. The fourth-order valence-corrected chi connectivity index (χ4v) is 3.86. The van der Waals surface area contributed by atoms with E-state index in [9.17, 15) is 13.2 Å². The Kier molecular flexibility index (Phi) is 4.67. The highest BCUT2D eigenvalue weighted by Crippen LogP contribution is 2.32. The molecule has 0 radical (unpaired) electrons. The molecule has 2 rings (SSSR count). The first-order valence-electron chi connectivity index (χ1n) is 6.22. The molecule has 0 unspecified atom stereocenters. The SMILES string of the molecule is CN(CC(=O)NC1CC1)S(=O)(=O)c1c(N)cc(Cl)cc1Cl. The summed E-state index contributed by atoms with van der Waals surface area (Å²) < 4.78 is 25.8. The van der Waals surface area contributed by atoms with Gasteiger partial charge in [-0.2, -0.15) is 4.31 Å². The second kappa shape index (κ2) is 6.00. The number of carbonyl (C=O) groups excluding carboxylic acids is 1. The minimum Gasteiger partial charge on any atom is -0.398 e. The second-order valence-corrected chi connectivity index (χ2v) is 7.73. The van der Waals surface area contributed by atoms with Gasteiger partial charge in [0.2, 0.25) is 15.9 Å². The lowest BCUT2D eigenvalue weighted by Crippen LogP contribution is -2.39. The van der Waals surface area contributed by atoms with Gasteiger partial charge >= 0.3 is 0 Å². The number of nitrogens with two attached hydrogens (primary N) is 1. The van der Waals surface area contributed by atoms with E-state index in [4.69, 9.17) is 28.9 Å². The maximum absolute atomic E-state index is 12.5. The number of sulfonamides is 1. The van der Waals surface area contributed by atoms with Crippen LogP contribution in [0.1, 0.15) is 12.8 Å². The van der Waals surface area contributed by atoms with Crippen LogP contribution in [0.2, 0.25) is 10.0 Å². The third-order valence-corrected chi connectivity index (χ3v) is 5.56. The fourth-order valence-electron chi connectivity index (χ4n) is 1.80. The fraction of sp³-hybridized carbons (Fsp3) is 0.417. The van der Waals surface area contributed by atoms with E-state index in [1.165, 1.54) is 19.2 Å². The monoisotopic (exact) mass is 351 g/mol. The summed E-state index contributed by atoms with van der Waals surface area (Å²) in [5.74, 6) is -0.354. The molecule has 0 saturated heterocycles. The smallest absolute Gasteiger partial charge is 0.246 e. The molecule has 0 aliphatic heterocycles. The first-order chi connectivity index (χ1) is 9.71. The van der Waals surface area contributed by atoms with Gasteiger partial charge in [0.25, 0.3) is 0 Å². The molecule has 1 aromatic carbocycles. The normalized spacial score (nSPS) is 15.2. The summed E-state index contributed by atoms with van der Waals surface area (Å²) in [5.41, 5.74) is 5.64. The number of benzene rings is 1. The standard InChI is InChI=1S/C12H15Cl2N3O3S/c1-17(6-11(18)16-8-2-3-8)21(19,20)12-9(14)4-7(13)5-10(12)15/h4-5,8H,2-3,6,15H2,1H3,(H,16,18). The molecular weight excluding hydrogens is 337 g/mol. The summed E-state index contributed by atoms with van der Waals surface area (Å²) in [7, 11) is -2.67. The zero-order valence-corrected chi connectivity index (χ0v) is 13.6. The van der Waals surface area contributed by atoms with Gasteiger partial charge in [0, 0.05) is 18.1 Å². The summed E-state index contributed by atoms with van der Waals surface area (Å²) in [6.07, 6.45) is 1.86. The average Bonchev–Trinajstić information content (AvgIpc) is 3.10. The summed E-state index contributed by atoms with van der Waals surface area (Å²) in [6, 6.07) is 2.76.